The molecule has 1 amide bonds. The minimum absolute atomic E-state index is 0.0444. The normalized spacial score (nSPS) is 13.5. The minimum Gasteiger partial charge on any atom is -0.494 e. The van der Waals surface area contributed by atoms with Crippen LogP contribution in [0.4, 0.5) is 25.8 Å². The van der Waals surface area contributed by atoms with Crippen molar-refractivity contribution in [2.45, 2.75) is 13.8 Å². The monoisotopic (exact) mass is 606 g/mol. The topological polar surface area (TPSA) is 111 Å². The lowest BCUT2D eigenvalue weighted by Crippen LogP contribution is -2.46. The van der Waals surface area contributed by atoms with Crippen LogP contribution >= 0.6 is 0 Å². The molecule has 0 saturated carbocycles. The number of nitrogens with one attached hydrogen (secondary N) is 3. The molecule has 0 bridgehead atoms. The zero-order chi connectivity index (χ0) is 32.0. The molecule has 4 rings (SSSR count). The van der Waals surface area contributed by atoms with Gasteiger partial charge < -0.3 is 34.9 Å². The summed E-state index contributed by atoms with van der Waals surface area (Å²) in [6, 6.07) is 6.73. The molecule has 3 N–H and O–H groups in total. The molecule has 2 aromatic carbocycles. The number of H-pyrrole nitrogens is 1. The van der Waals surface area contributed by atoms with Crippen molar-refractivity contribution in [3.8, 4) is 11.5 Å². The number of aliphatic imine (C=N–C) groups is 1. The van der Waals surface area contributed by atoms with Gasteiger partial charge in [-0.3, -0.25) is 9.59 Å². The lowest BCUT2D eigenvalue weighted by molar-refractivity contribution is -0.111. The van der Waals surface area contributed by atoms with Crippen LogP contribution in [0.3, 0.4) is 0 Å². The average Bonchev–Trinajstić information content (AvgIpc) is 3.40. The van der Waals surface area contributed by atoms with Crippen LogP contribution < -0.4 is 25.0 Å². The highest BCUT2D eigenvalue weighted by Crippen LogP contribution is 2.33. The number of halogens is 2. The maximum absolute atomic E-state index is 14.9. The van der Waals surface area contributed by atoms with E-state index in [1.54, 1.807) is 6.92 Å². The van der Waals surface area contributed by atoms with Gasteiger partial charge in [0.15, 0.2) is 23.1 Å². The largest absolute Gasteiger partial charge is 0.494 e. The summed E-state index contributed by atoms with van der Waals surface area (Å²) in [4.78, 5) is 37.3. The summed E-state index contributed by atoms with van der Waals surface area (Å²) in [6.07, 6.45) is 3.97. The van der Waals surface area contributed by atoms with Gasteiger partial charge in [0.05, 0.1) is 37.5 Å². The Kier molecular flexibility index (Phi) is 10.2. The molecule has 1 aromatic heterocycles. The van der Waals surface area contributed by atoms with E-state index in [9.17, 15) is 18.4 Å². The van der Waals surface area contributed by atoms with Crippen molar-refractivity contribution in [1.29, 1.82) is 0 Å². The standard InChI is InChI=1S/C32H36F2N6O4/c1-7-28(41)38-24-15-21(40-13-11-39(8-2)12-14-40)9-10-23(24)37-20(4)35-18-25-19(3)22(17-36-25)32(42)29-30(33)26(43-5)16-27(44-6)31(29)34/h7,9-10,15-18,36-37H,1,4,8,11-14H2,2-3,5-6H3,(H,38,41)/b35-18-. The van der Waals surface area contributed by atoms with Crippen LogP contribution in [0, 0.1) is 18.6 Å². The highest BCUT2D eigenvalue weighted by molar-refractivity contribution is 6.11. The summed E-state index contributed by atoms with van der Waals surface area (Å²) in [7, 11) is 2.42. The summed E-state index contributed by atoms with van der Waals surface area (Å²) in [5, 5.41) is 5.93. The first kappa shape index (κ1) is 32.0. The number of methoxy groups -OCH3 is 2. The highest BCUT2D eigenvalue weighted by Gasteiger charge is 2.28. The first-order chi connectivity index (χ1) is 21.1. The molecule has 0 aliphatic carbocycles. The molecule has 0 unspecified atom stereocenters. The number of ether oxygens (including phenoxy) is 2. The van der Waals surface area contributed by atoms with Crippen LogP contribution in [0.15, 0.2) is 60.5 Å². The number of anilines is 3. The van der Waals surface area contributed by atoms with Crippen LogP contribution in [0.2, 0.25) is 0 Å². The van der Waals surface area contributed by atoms with Crippen LogP contribution in [0.5, 0.6) is 11.5 Å². The second kappa shape index (κ2) is 14.0. The lowest BCUT2D eigenvalue weighted by atomic mass is 10.00. The second-order valence-electron chi connectivity index (χ2n) is 10.0. The van der Waals surface area contributed by atoms with Gasteiger partial charge >= 0.3 is 0 Å². The Labute approximate surface area is 255 Å². The van der Waals surface area contributed by atoms with E-state index in [1.165, 1.54) is 32.7 Å². The summed E-state index contributed by atoms with van der Waals surface area (Å²) >= 11 is 0. The quantitative estimate of drug-likeness (QED) is 0.149. The van der Waals surface area contributed by atoms with Crippen LogP contribution in [0.25, 0.3) is 0 Å². The Balaban J connectivity index is 1.53. The molecular weight excluding hydrogens is 570 g/mol. The predicted octanol–water partition coefficient (Wildman–Crippen LogP) is 5.12. The van der Waals surface area contributed by atoms with Gasteiger partial charge in [0.1, 0.15) is 11.4 Å². The maximum Gasteiger partial charge on any atom is 0.247 e. The Bertz CT molecular complexity index is 1580. The molecule has 0 radical (unpaired) electrons. The molecule has 1 aliphatic rings. The van der Waals surface area contributed by atoms with Crippen molar-refractivity contribution in [3.63, 3.8) is 0 Å². The van der Waals surface area contributed by atoms with Gasteiger partial charge in [0, 0.05) is 49.7 Å². The Hall–Kier alpha value is -4.97. The predicted molar refractivity (Wildman–Crippen MR) is 168 cm³/mol. The number of carbonyl (C=O) groups is 2. The van der Waals surface area contributed by atoms with Crippen molar-refractivity contribution in [3.05, 3.63) is 89.5 Å². The molecule has 1 saturated heterocycles. The molecule has 12 heteroatoms. The van der Waals surface area contributed by atoms with E-state index in [0.717, 1.165) is 44.5 Å². The first-order valence-electron chi connectivity index (χ1n) is 14.0. The third kappa shape index (κ3) is 6.81. The number of hydrogen-bond donors (Lipinski definition) is 3. The highest BCUT2D eigenvalue weighted by atomic mass is 19.1. The summed E-state index contributed by atoms with van der Waals surface area (Å²) < 4.78 is 39.8. The molecule has 0 atom stereocenters. The fourth-order valence-electron chi connectivity index (χ4n) is 4.88. The number of rotatable bonds is 12. The van der Waals surface area contributed by atoms with Crippen LogP contribution in [-0.2, 0) is 4.79 Å². The zero-order valence-electron chi connectivity index (χ0n) is 25.2. The van der Waals surface area contributed by atoms with Gasteiger partial charge in [0.2, 0.25) is 11.7 Å². The fraction of sp³-hybridized carbons (Fsp3) is 0.281. The number of likely N-dealkylation sites (N-methyl/N-ethyl adjacent to an activating group) is 1. The molecule has 1 aliphatic heterocycles. The van der Waals surface area contributed by atoms with Gasteiger partial charge in [-0.05, 0) is 43.3 Å². The van der Waals surface area contributed by atoms with Crippen molar-refractivity contribution in [2.24, 2.45) is 4.99 Å². The Morgan fingerprint density at radius 3 is 2.30 bits per heavy atom. The van der Waals surface area contributed by atoms with Crippen LogP contribution in [-0.4, -0.2) is 74.7 Å². The molecule has 10 nitrogen and oxygen atoms in total. The number of ketones is 1. The van der Waals surface area contributed by atoms with Gasteiger partial charge in [-0.1, -0.05) is 20.1 Å². The number of piperazine rings is 1. The fourth-order valence-corrected chi connectivity index (χ4v) is 4.88. The Morgan fingerprint density at radius 1 is 1.05 bits per heavy atom. The van der Waals surface area contributed by atoms with E-state index in [-0.39, 0.29) is 28.8 Å². The van der Waals surface area contributed by atoms with E-state index < -0.39 is 23.0 Å². The van der Waals surface area contributed by atoms with Crippen molar-refractivity contribution >= 4 is 35.0 Å². The number of benzene rings is 2. The van der Waals surface area contributed by atoms with Crippen molar-refractivity contribution in [1.82, 2.24) is 9.88 Å². The number of aromatic amines is 1. The van der Waals surface area contributed by atoms with Gasteiger partial charge in [0.25, 0.3) is 0 Å². The zero-order valence-corrected chi connectivity index (χ0v) is 25.2. The van der Waals surface area contributed by atoms with Gasteiger partial charge in [-0.25, -0.2) is 13.8 Å². The number of nitrogens with zero attached hydrogens (tertiary/aromatic N) is 3. The number of carbonyl (C=O) groups excluding carboxylic acids is 2. The van der Waals surface area contributed by atoms with Crippen LogP contribution in [0.1, 0.15) is 34.1 Å². The maximum atomic E-state index is 14.9. The minimum atomic E-state index is -1.13. The summed E-state index contributed by atoms with van der Waals surface area (Å²) in [6.45, 7) is 15.9. The van der Waals surface area contributed by atoms with Crippen molar-refractivity contribution < 1.29 is 27.8 Å². The summed E-state index contributed by atoms with van der Waals surface area (Å²) in [5.74, 6) is -3.91. The third-order valence-corrected chi connectivity index (χ3v) is 7.48. The van der Waals surface area contributed by atoms with E-state index in [2.05, 4.69) is 50.5 Å². The Morgan fingerprint density at radius 2 is 1.70 bits per heavy atom. The first-order valence-corrected chi connectivity index (χ1v) is 14.0. The smallest absolute Gasteiger partial charge is 0.247 e. The van der Waals surface area contributed by atoms with E-state index >= 15 is 0 Å². The average molecular weight is 607 g/mol. The van der Waals surface area contributed by atoms with Gasteiger partial charge in [-0.15, -0.1) is 0 Å². The molecule has 1 fully saturated rings. The molecule has 44 heavy (non-hydrogen) atoms. The number of amides is 1. The molecule has 0 spiro atoms. The van der Waals surface area contributed by atoms with E-state index in [4.69, 9.17) is 9.47 Å². The SMILES string of the molecule is C=CC(=O)Nc1cc(N2CCN(CC)CC2)ccc1NC(=C)/N=C\c1[nH]cc(C(=O)c2c(F)c(OC)cc(OC)c2F)c1C. The van der Waals surface area contributed by atoms with E-state index in [1.807, 2.05) is 18.2 Å². The lowest BCUT2D eigenvalue weighted by Gasteiger charge is -2.35. The number of aromatic nitrogens is 1. The van der Waals surface area contributed by atoms with Gasteiger partial charge in [-0.2, -0.15) is 0 Å². The summed E-state index contributed by atoms with van der Waals surface area (Å²) in [5.41, 5.74) is 2.16. The van der Waals surface area contributed by atoms with E-state index in [0.29, 0.717) is 22.6 Å². The molecule has 3 aromatic rings. The third-order valence-electron chi connectivity index (χ3n) is 7.48. The molecular formula is C32H36F2N6O4. The second-order valence-corrected chi connectivity index (χ2v) is 10.0. The number of hydrogen-bond acceptors (Lipinski definition) is 8. The van der Waals surface area contributed by atoms with Crippen molar-refractivity contribution in [2.75, 3.05) is 62.5 Å². The molecule has 232 valence electrons. The molecule has 2 heterocycles.